The number of nitrogens with one attached hydrogen (secondary N) is 1. The molecule has 2 atom stereocenters. The number of aliphatic carboxylic acids is 1. The van der Waals surface area contributed by atoms with Gasteiger partial charge in [0.15, 0.2) is 0 Å². The first-order valence-corrected chi connectivity index (χ1v) is 12.9. The Morgan fingerprint density at radius 1 is 1.16 bits per heavy atom. The summed E-state index contributed by atoms with van der Waals surface area (Å²) in [5.74, 6) is -2.01. The monoisotopic (exact) mass is 526 g/mol. The smallest absolute Gasteiger partial charge is 0.306 e. The number of nitrogens with zero attached hydrogens (tertiary/aromatic N) is 1. The Hall–Kier alpha value is -3.46. The summed E-state index contributed by atoms with van der Waals surface area (Å²) < 4.78 is 20.7. The molecule has 8 nitrogen and oxygen atoms in total. The fraction of sp³-hybridized carbons (Fsp3) is 0.483. The van der Waals surface area contributed by atoms with Crippen LogP contribution in [0.15, 0.2) is 30.3 Å². The molecule has 3 N–H and O–H groups in total. The van der Waals surface area contributed by atoms with E-state index in [1.54, 1.807) is 18.2 Å². The Balaban J connectivity index is 1.66. The van der Waals surface area contributed by atoms with E-state index in [0.29, 0.717) is 42.0 Å². The number of carbonyl (C=O) groups excluding carboxylic acids is 2. The Bertz CT molecular complexity index is 1270. The molecule has 0 radical (unpaired) electrons. The minimum atomic E-state index is -1.78. The zero-order chi connectivity index (χ0) is 27.8. The van der Waals surface area contributed by atoms with Crippen molar-refractivity contribution in [1.82, 2.24) is 4.90 Å². The van der Waals surface area contributed by atoms with Gasteiger partial charge in [-0.1, -0.05) is 19.9 Å². The third kappa shape index (κ3) is 5.67. The van der Waals surface area contributed by atoms with Crippen LogP contribution in [-0.4, -0.2) is 51.6 Å². The van der Waals surface area contributed by atoms with E-state index in [1.165, 1.54) is 17.9 Å². The van der Waals surface area contributed by atoms with Gasteiger partial charge in [-0.25, -0.2) is 4.39 Å². The van der Waals surface area contributed by atoms with E-state index in [1.807, 2.05) is 26.8 Å². The van der Waals surface area contributed by atoms with E-state index >= 15 is 4.39 Å². The summed E-state index contributed by atoms with van der Waals surface area (Å²) in [5, 5.41) is 22.4. The zero-order valence-corrected chi connectivity index (χ0v) is 22.3. The van der Waals surface area contributed by atoms with E-state index in [4.69, 9.17) is 9.84 Å². The molecule has 0 saturated heterocycles. The Morgan fingerprint density at radius 3 is 2.58 bits per heavy atom. The molecule has 38 heavy (non-hydrogen) atoms. The average molecular weight is 527 g/mol. The molecule has 1 heterocycles. The number of aliphatic hydroxyl groups is 1. The molecule has 1 aliphatic carbocycles. The van der Waals surface area contributed by atoms with Gasteiger partial charge < -0.3 is 25.2 Å². The number of carbonyl (C=O) groups is 3. The van der Waals surface area contributed by atoms with E-state index in [-0.39, 0.29) is 17.8 Å². The van der Waals surface area contributed by atoms with Crippen LogP contribution in [0, 0.1) is 5.82 Å². The number of carboxylic acid groups (broad SMARTS) is 1. The topological polar surface area (TPSA) is 116 Å². The lowest BCUT2D eigenvalue weighted by Gasteiger charge is -2.38. The first kappa shape index (κ1) is 27.6. The summed E-state index contributed by atoms with van der Waals surface area (Å²) in [5.41, 5.74) is 1.23. The maximum absolute atomic E-state index is 15.1. The summed E-state index contributed by atoms with van der Waals surface area (Å²) in [4.78, 5) is 39.6. The lowest BCUT2D eigenvalue weighted by atomic mass is 9.86. The second kappa shape index (κ2) is 10.4. The molecule has 204 valence electrons. The summed E-state index contributed by atoms with van der Waals surface area (Å²) in [6.45, 7) is 7.82. The van der Waals surface area contributed by atoms with Gasteiger partial charge in [-0.05, 0) is 85.0 Å². The lowest BCUT2D eigenvalue weighted by molar-refractivity contribution is -0.148. The van der Waals surface area contributed by atoms with Crippen LogP contribution >= 0.6 is 0 Å². The van der Waals surface area contributed by atoms with Gasteiger partial charge in [0.25, 0.3) is 5.91 Å². The van der Waals surface area contributed by atoms with Gasteiger partial charge in [-0.3, -0.25) is 14.4 Å². The van der Waals surface area contributed by atoms with Crippen molar-refractivity contribution in [2.45, 2.75) is 76.9 Å². The van der Waals surface area contributed by atoms with Crippen LogP contribution in [-0.2, 0) is 32.6 Å². The van der Waals surface area contributed by atoms with Gasteiger partial charge in [-0.15, -0.1) is 0 Å². The number of hydrogen-bond donors (Lipinski definition) is 3. The molecule has 1 unspecified atom stereocenters. The van der Waals surface area contributed by atoms with Crippen LogP contribution < -0.4 is 10.1 Å². The van der Waals surface area contributed by atoms with Gasteiger partial charge in [0.05, 0.1) is 25.0 Å². The van der Waals surface area contributed by atoms with Crippen molar-refractivity contribution in [3.8, 4) is 5.75 Å². The number of anilines is 1. The molecule has 0 aromatic heterocycles. The summed E-state index contributed by atoms with van der Waals surface area (Å²) in [7, 11) is 0. The minimum absolute atomic E-state index is 0.190. The highest BCUT2D eigenvalue weighted by atomic mass is 19.1. The third-order valence-corrected chi connectivity index (χ3v) is 7.42. The first-order chi connectivity index (χ1) is 17.8. The van der Waals surface area contributed by atoms with Crippen LogP contribution in [0.2, 0.25) is 0 Å². The van der Waals surface area contributed by atoms with Gasteiger partial charge in [0.1, 0.15) is 17.6 Å². The van der Waals surface area contributed by atoms with Crippen molar-refractivity contribution in [3.05, 3.63) is 58.4 Å². The fourth-order valence-electron chi connectivity index (χ4n) is 5.70. The normalized spacial score (nSPS) is 19.2. The van der Waals surface area contributed by atoms with Crippen LogP contribution in [0.3, 0.4) is 0 Å². The molecule has 0 spiro atoms. The van der Waals surface area contributed by atoms with Gasteiger partial charge in [0.2, 0.25) is 5.91 Å². The number of rotatable bonds is 8. The first-order valence-electron chi connectivity index (χ1n) is 12.9. The number of halogens is 1. The number of carboxylic acids is 1. The van der Waals surface area contributed by atoms with E-state index in [2.05, 4.69) is 5.32 Å². The second-order valence-electron chi connectivity index (χ2n) is 11.1. The molecule has 0 bridgehead atoms. The van der Waals surface area contributed by atoms with Crippen molar-refractivity contribution in [3.63, 3.8) is 0 Å². The summed E-state index contributed by atoms with van der Waals surface area (Å²) in [6.07, 6.45) is 0.905. The SMILES string of the molecule is CCOc1ccc2c(c1)CCN(C(=O)CC(C)(O)CC(=O)O)[C@H]2C(=O)Nc1cc(F)c2c(c1)CCC2(C)C. The molecule has 2 aliphatic rings. The van der Waals surface area contributed by atoms with Gasteiger partial charge in [-0.2, -0.15) is 0 Å². The molecule has 9 heteroatoms. The Labute approximate surface area is 221 Å². The van der Waals surface area contributed by atoms with Crippen molar-refractivity contribution < 1.29 is 33.7 Å². The van der Waals surface area contributed by atoms with Gasteiger partial charge >= 0.3 is 5.97 Å². The highest BCUT2D eigenvalue weighted by Crippen LogP contribution is 2.41. The highest BCUT2D eigenvalue weighted by Gasteiger charge is 2.39. The molecule has 2 aromatic rings. The summed E-state index contributed by atoms with van der Waals surface area (Å²) in [6, 6.07) is 7.38. The van der Waals surface area contributed by atoms with E-state index in [9.17, 15) is 19.5 Å². The number of fused-ring (bicyclic) bond motifs is 2. The average Bonchev–Trinajstić information content (AvgIpc) is 3.11. The third-order valence-electron chi connectivity index (χ3n) is 7.42. The quantitative estimate of drug-likeness (QED) is 0.476. The van der Waals surface area contributed by atoms with Crippen LogP contribution in [0.25, 0.3) is 0 Å². The van der Waals surface area contributed by atoms with E-state index < -0.39 is 42.3 Å². The number of amides is 2. The number of ether oxygens (including phenoxy) is 1. The fourth-order valence-corrected chi connectivity index (χ4v) is 5.70. The molecule has 2 amide bonds. The van der Waals surface area contributed by atoms with Gasteiger partial charge in [0, 0.05) is 12.2 Å². The predicted molar refractivity (Wildman–Crippen MR) is 140 cm³/mol. The maximum atomic E-state index is 15.1. The van der Waals surface area contributed by atoms with Crippen molar-refractivity contribution >= 4 is 23.5 Å². The van der Waals surface area contributed by atoms with Crippen LogP contribution in [0.4, 0.5) is 10.1 Å². The molecular weight excluding hydrogens is 491 g/mol. The van der Waals surface area contributed by atoms with Crippen LogP contribution in [0.1, 0.15) is 75.3 Å². The van der Waals surface area contributed by atoms with Crippen molar-refractivity contribution in [2.75, 3.05) is 18.5 Å². The lowest BCUT2D eigenvalue weighted by Crippen LogP contribution is -2.47. The summed E-state index contributed by atoms with van der Waals surface area (Å²) >= 11 is 0. The molecule has 0 fully saturated rings. The van der Waals surface area contributed by atoms with Crippen molar-refractivity contribution in [1.29, 1.82) is 0 Å². The zero-order valence-electron chi connectivity index (χ0n) is 22.3. The number of aryl methyl sites for hydroxylation is 1. The minimum Gasteiger partial charge on any atom is -0.494 e. The largest absolute Gasteiger partial charge is 0.494 e. The Morgan fingerprint density at radius 2 is 1.89 bits per heavy atom. The highest BCUT2D eigenvalue weighted by molar-refractivity contribution is 5.98. The second-order valence-corrected chi connectivity index (χ2v) is 11.1. The maximum Gasteiger partial charge on any atom is 0.306 e. The molecule has 0 saturated carbocycles. The van der Waals surface area contributed by atoms with Crippen LogP contribution in [0.5, 0.6) is 5.75 Å². The van der Waals surface area contributed by atoms with E-state index in [0.717, 1.165) is 17.5 Å². The standard InChI is InChI=1S/C29H35FN2O6/c1-5-38-20-6-7-21-17(13-20)9-11-32(23(33)15-29(4,37)16-24(34)35)26(21)27(36)31-19-12-18-8-10-28(2,3)25(18)22(30)14-19/h6-7,12-14,26,37H,5,8-11,15-16H2,1-4H3,(H,31,36)(H,34,35)/t26-,29?/m1/s1. The van der Waals surface area contributed by atoms with Crippen molar-refractivity contribution in [2.24, 2.45) is 0 Å². The molecule has 1 aliphatic heterocycles. The number of benzene rings is 2. The Kier molecular flexibility index (Phi) is 7.52. The molecule has 2 aromatic carbocycles. The molecular formula is C29H35FN2O6. The predicted octanol–water partition coefficient (Wildman–Crippen LogP) is 4.13. The molecule has 4 rings (SSSR count). The number of hydrogen-bond acceptors (Lipinski definition) is 5.